The highest BCUT2D eigenvalue weighted by Gasteiger charge is 2.26. The molecule has 1 aromatic heterocycles. The fourth-order valence-corrected chi connectivity index (χ4v) is 2.75. The molecule has 24 heavy (non-hydrogen) atoms. The average molecular weight is 328 g/mol. The Morgan fingerprint density at radius 2 is 2.12 bits per heavy atom. The van der Waals surface area contributed by atoms with Gasteiger partial charge in [-0.2, -0.15) is 0 Å². The van der Waals surface area contributed by atoms with Crippen molar-refractivity contribution in [2.24, 2.45) is 5.41 Å². The smallest absolute Gasteiger partial charge is 0.271 e. The number of fused-ring (bicyclic) bond motifs is 1. The number of rotatable bonds is 5. The first-order valence-corrected chi connectivity index (χ1v) is 8.26. The Morgan fingerprint density at radius 1 is 1.38 bits per heavy atom. The average Bonchev–Trinajstić information content (AvgIpc) is 3.00. The zero-order chi connectivity index (χ0) is 17.2. The largest absolute Gasteiger partial charge is 0.396 e. The normalized spacial score (nSPS) is 14.3. The predicted octanol–water partition coefficient (Wildman–Crippen LogP) is 1.40. The van der Waals surface area contributed by atoms with E-state index in [2.05, 4.69) is 20.2 Å². The number of amides is 1. The zero-order valence-corrected chi connectivity index (χ0v) is 14.2. The summed E-state index contributed by atoms with van der Waals surface area (Å²) in [6, 6.07) is 9.93. The summed E-state index contributed by atoms with van der Waals surface area (Å²) >= 11 is 0. The van der Waals surface area contributed by atoms with E-state index in [-0.39, 0.29) is 17.9 Å². The van der Waals surface area contributed by atoms with Crippen LogP contribution >= 0.6 is 0 Å². The van der Waals surface area contributed by atoms with Crippen LogP contribution in [-0.2, 0) is 13.1 Å². The molecular weight excluding hydrogens is 304 g/mol. The molecule has 0 unspecified atom stereocenters. The zero-order valence-electron chi connectivity index (χ0n) is 14.2. The monoisotopic (exact) mass is 328 g/mol. The fourth-order valence-electron chi connectivity index (χ4n) is 2.75. The lowest BCUT2D eigenvalue weighted by atomic mass is 9.95. The molecule has 0 saturated carbocycles. The number of hydrogen-bond donors (Lipinski definition) is 3. The van der Waals surface area contributed by atoms with E-state index in [0.717, 1.165) is 30.2 Å². The van der Waals surface area contributed by atoms with Crippen molar-refractivity contribution in [1.29, 1.82) is 0 Å². The van der Waals surface area contributed by atoms with Crippen LogP contribution in [0.3, 0.4) is 0 Å². The first-order valence-electron chi connectivity index (χ1n) is 8.26. The van der Waals surface area contributed by atoms with E-state index in [9.17, 15) is 9.90 Å². The van der Waals surface area contributed by atoms with Gasteiger partial charge in [0, 0.05) is 43.8 Å². The molecule has 0 aliphatic carbocycles. The molecule has 128 valence electrons. The Balaban J connectivity index is 1.91. The third kappa shape index (κ3) is 3.34. The van der Waals surface area contributed by atoms with Crippen LogP contribution in [0.1, 0.15) is 30.0 Å². The van der Waals surface area contributed by atoms with E-state index in [4.69, 9.17) is 0 Å². The highest BCUT2D eigenvalue weighted by molar-refractivity contribution is 5.94. The molecule has 3 rings (SSSR count). The van der Waals surface area contributed by atoms with Gasteiger partial charge in [-0.15, -0.1) is 0 Å². The summed E-state index contributed by atoms with van der Waals surface area (Å²) in [4.78, 5) is 17.3. The highest BCUT2D eigenvalue weighted by atomic mass is 16.3. The molecule has 6 nitrogen and oxygen atoms in total. The van der Waals surface area contributed by atoms with E-state index in [0.29, 0.717) is 18.8 Å². The Labute approximate surface area is 141 Å². The predicted molar refractivity (Wildman–Crippen MR) is 92.6 cm³/mol. The number of nitrogens with zero attached hydrogens (tertiary/aromatic N) is 2. The van der Waals surface area contributed by atoms with Gasteiger partial charge in [0.1, 0.15) is 5.82 Å². The summed E-state index contributed by atoms with van der Waals surface area (Å²) in [6.45, 7) is 6.53. The number of carbonyl (C=O) groups is 1. The molecule has 0 atom stereocenters. The van der Waals surface area contributed by atoms with Crippen LogP contribution in [0.15, 0.2) is 30.3 Å². The standard InChI is InChI=1S/C18H24N4O2/c1-18(2,12-23)11-20-17(24)15-14-10-19-8-9-22(14)16(21-15)13-6-4-3-5-7-13/h3-7,19,23H,8-12H2,1-2H3,(H,20,24). The topological polar surface area (TPSA) is 79.2 Å². The number of imidazole rings is 1. The van der Waals surface area contributed by atoms with E-state index in [1.165, 1.54) is 0 Å². The summed E-state index contributed by atoms with van der Waals surface area (Å²) in [5, 5.41) is 15.5. The van der Waals surface area contributed by atoms with Crippen LogP contribution in [0, 0.1) is 5.41 Å². The van der Waals surface area contributed by atoms with Crippen molar-refractivity contribution in [1.82, 2.24) is 20.2 Å². The maximum Gasteiger partial charge on any atom is 0.271 e. The molecule has 0 saturated heterocycles. The molecular formula is C18H24N4O2. The molecule has 1 aliphatic heterocycles. The van der Waals surface area contributed by atoms with Gasteiger partial charge < -0.3 is 20.3 Å². The molecule has 0 bridgehead atoms. The number of nitrogens with one attached hydrogen (secondary N) is 2. The molecule has 0 radical (unpaired) electrons. The lowest BCUT2D eigenvalue weighted by Crippen LogP contribution is -2.37. The van der Waals surface area contributed by atoms with Gasteiger partial charge >= 0.3 is 0 Å². The summed E-state index contributed by atoms with van der Waals surface area (Å²) < 4.78 is 2.12. The van der Waals surface area contributed by atoms with Gasteiger partial charge in [-0.05, 0) is 0 Å². The Morgan fingerprint density at radius 3 is 2.83 bits per heavy atom. The van der Waals surface area contributed by atoms with Crippen molar-refractivity contribution in [2.45, 2.75) is 26.9 Å². The highest BCUT2D eigenvalue weighted by Crippen LogP contribution is 2.24. The second kappa shape index (κ2) is 6.75. The Bertz CT molecular complexity index is 722. The van der Waals surface area contributed by atoms with Crippen LogP contribution < -0.4 is 10.6 Å². The lowest BCUT2D eigenvalue weighted by Gasteiger charge is -2.22. The molecule has 2 heterocycles. The van der Waals surface area contributed by atoms with Gasteiger partial charge in [0.2, 0.25) is 0 Å². The minimum absolute atomic E-state index is 0.0192. The van der Waals surface area contributed by atoms with E-state index >= 15 is 0 Å². The van der Waals surface area contributed by atoms with Crippen molar-refractivity contribution in [2.75, 3.05) is 19.7 Å². The summed E-state index contributed by atoms with van der Waals surface area (Å²) in [5.74, 6) is 0.643. The van der Waals surface area contributed by atoms with Gasteiger partial charge in [-0.1, -0.05) is 44.2 Å². The second-order valence-corrected chi connectivity index (χ2v) is 6.93. The number of hydrogen-bond acceptors (Lipinski definition) is 4. The van der Waals surface area contributed by atoms with Crippen molar-refractivity contribution in [3.8, 4) is 11.4 Å². The van der Waals surface area contributed by atoms with Gasteiger partial charge in [0.25, 0.3) is 5.91 Å². The number of aromatic nitrogens is 2. The third-order valence-corrected chi connectivity index (χ3v) is 4.28. The van der Waals surface area contributed by atoms with E-state index in [1.54, 1.807) is 0 Å². The van der Waals surface area contributed by atoms with Crippen molar-refractivity contribution < 1.29 is 9.90 Å². The fraction of sp³-hybridized carbons (Fsp3) is 0.444. The van der Waals surface area contributed by atoms with Gasteiger partial charge in [-0.25, -0.2) is 4.98 Å². The number of benzene rings is 1. The lowest BCUT2D eigenvalue weighted by molar-refractivity contribution is 0.0905. The van der Waals surface area contributed by atoms with Crippen LogP contribution in [0.4, 0.5) is 0 Å². The molecule has 1 amide bonds. The molecule has 1 aromatic carbocycles. The van der Waals surface area contributed by atoms with Gasteiger partial charge in [0.05, 0.1) is 5.69 Å². The number of carbonyl (C=O) groups excluding carboxylic acids is 1. The van der Waals surface area contributed by atoms with Crippen molar-refractivity contribution in [3.05, 3.63) is 41.7 Å². The summed E-state index contributed by atoms with van der Waals surface area (Å²) in [7, 11) is 0. The quantitative estimate of drug-likeness (QED) is 0.775. The second-order valence-electron chi connectivity index (χ2n) is 6.93. The van der Waals surface area contributed by atoms with Gasteiger partial charge in [0.15, 0.2) is 5.69 Å². The Kier molecular flexibility index (Phi) is 4.69. The minimum atomic E-state index is -0.351. The summed E-state index contributed by atoms with van der Waals surface area (Å²) in [6.07, 6.45) is 0. The van der Waals surface area contributed by atoms with Gasteiger partial charge in [-0.3, -0.25) is 4.79 Å². The Hall–Kier alpha value is -2.18. The van der Waals surface area contributed by atoms with Crippen LogP contribution in [0.2, 0.25) is 0 Å². The van der Waals surface area contributed by atoms with Crippen molar-refractivity contribution >= 4 is 5.91 Å². The first kappa shape index (κ1) is 16.7. The van der Waals surface area contributed by atoms with Crippen LogP contribution in [0.25, 0.3) is 11.4 Å². The SMILES string of the molecule is CC(C)(CO)CNC(=O)c1nc(-c2ccccc2)n2c1CNCC2. The van der Waals surface area contributed by atoms with Crippen molar-refractivity contribution in [3.63, 3.8) is 0 Å². The van der Waals surface area contributed by atoms with E-state index < -0.39 is 0 Å². The molecule has 0 fully saturated rings. The number of aliphatic hydroxyl groups excluding tert-OH is 1. The first-order chi connectivity index (χ1) is 11.5. The van der Waals surface area contributed by atoms with Crippen LogP contribution in [0.5, 0.6) is 0 Å². The molecule has 2 aromatic rings. The summed E-state index contributed by atoms with van der Waals surface area (Å²) in [5.41, 5.74) is 2.04. The minimum Gasteiger partial charge on any atom is -0.396 e. The molecule has 0 spiro atoms. The third-order valence-electron chi connectivity index (χ3n) is 4.28. The molecule has 3 N–H and O–H groups in total. The molecule has 1 aliphatic rings. The maximum atomic E-state index is 12.6. The van der Waals surface area contributed by atoms with Crippen LogP contribution in [-0.4, -0.2) is 40.3 Å². The number of aliphatic hydroxyl groups is 1. The maximum absolute atomic E-state index is 12.6. The van der Waals surface area contributed by atoms with E-state index in [1.807, 2.05) is 44.2 Å². The molecule has 6 heteroatoms.